The Bertz CT molecular complexity index is 578. The fourth-order valence-electron chi connectivity index (χ4n) is 2.64. The van der Waals surface area contributed by atoms with Gasteiger partial charge in [0.1, 0.15) is 18.1 Å². The second kappa shape index (κ2) is 6.20. The van der Waals surface area contributed by atoms with Gasteiger partial charge < -0.3 is 14.8 Å². The molecular formula is C16H20N2O2. The number of hydrogen-bond donors (Lipinski definition) is 2. The van der Waals surface area contributed by atoms with Crippen LogP contribution in [0.25, 0.3) is 0 Å². The molecule has 4 heteroatoms. The molecule has 1 aliphatic carbocycles. The first-order chi connectivity index (χ1) is 9.85. The molecule has 0 unspecified atom stereocenters. The number of pyridine rings is 1. The zero-order valence-corrected chi connectivity index (χ0v) is 11.6. The number of hydrogen-bond acceptors (Lipinski definition) is 4. The van der Waals surface area contributed by atoms with Crippen LogP contribution in [0, 0.1) is 0 Å². The summed E-state index contributed by atoms with van der Waals surface area (Å²) in [4.78, 5) is 4.73. The summed E-state index contributed by atoms with van der Waals surface area (Å²) >= 11 is 0. The lowest BCUT2D eigenvalue weighted by atomic mass is 9.96. The van der Waals surface area contributed by atoms with Crippen LogP contribution in [0.4, 0.5) is 0 Å². The van der Waals surface area contributed by atoms with Crippen molar-refractivity contribution in [1.29, 1.82) is 0 Å². The van der Waals surface area contributed by atoms with Crippen LogP contribution in [-0.2, 0) is 32.5 Å². The Balaban J connectivity index is 1.55. The highest BCUT2D eigenvalue weighted by molar-refractivity contribution is 5.25. The number of nitrogens with one attached hydrogen (secondary N) is 1. The van der Waals surface area contributed by atoms with Crippen LogP contribution in [0.1, 0.15) is 41.3 Å². The monoisotopic (exact) mass is 272 g/mol. The van der Waals surface area contributed by atoms with E-state index in [2.05, 4.69) is 17.4 Å². The van der Waals surface area contributed by atoms with Crippen LogP contribution in [0.5, 0.6) is 0 Å². The third-order valence-corrected chi connectivity index (χ3v) is 3.71. The molecule has 2 aromatic rings. The van der Waals surface area contributed by atoms with Gasteiger partial charge >= 0.3 is 0 Å². The van der Waals surface area contributed by atoms with Crippen molar-refractivity contribution < 1.29 is 9.52 Å². The van der Waals surface area contributed by atoms with Crippen molar-refractivity contribution in [3.63, 3.8) is 0 Å². The normalized spacial score (nSPS) is 14.2. The molecule has 0 bridgehead atoms. The van der Waals surface area contributed by atoms with Crippen LogP contribution < -0.4 is 5.32 Å². The molecule has 0 atom stereocenters. The van der Waals surface area contributed by atoms with Gasteiger partial charge in [-0.2, -0.15) is 0 Å². The van der Waals surface area contributed by atoms with Crippen molar-refractivity contribution >= 4 is 0 Å². The third-order valence-electron chi connectivity index (χ3n) is 3.71. The Labute approximate surface area is 118 Å². The van der Waals surface area contributed by atoms with Gasteiger partial charge in [-0.3, -0.25) is 4.98 Å². The summed E-state index contributed by atoms with van der Waals surface area (Å²) in [6.45, 7) is 1.34. The molecule has 1 aliphatic rings. The van der Waals surface area contributed by atoms with Gasteiger partial charge in [-0.15, -0.1) is 0 Å². The summed E-state index contributed by atoms with van der Waals surface area (Å²) < 4.78 is 5.43. The smallest absolute Gasteiger partial charge is 0.129 e. The standard InChI is InChI=1S/C16H20N2O2/c19-11-15-8-7-14(20-15)10-17-9-13-6-5-12-3-1-2-4-16(12)18-13/h5-8,17,19H,1-4,9-11H2. The van der Waals surface area contributed by atoms with Crippen LogP contribution >= 0.6 is 0 Å². The van der Waals surface area contributed by atoms with E-state index in [4.69, 9.17) is 14.5 Å². The summed E-state index contributed by atoms with van der Waals surface area (Å²) in [5.74, 6) is 1.45. The highest BCUT2D eigenvalue weighted by Gasteiger charge is 2.10. The van der Waals surface area contributed by atoms with Crippen molar-refractivity contribution in [3.05, 3.63) is 52.7 Å². The topological polar surface area (TPSA) is 58.3 Å². The number of fused-ring (bicyclic) bond motifs is 1. The van der Waals surface area contributed by atoms with Crippen LogP contribution in [0.15, 0.2) is 28.7 Å². The molecule has 2 heterocycles. The second-order valence-electron chi connectivity index (χ2n) is 5.25. The average Bonchev–Trinajstić information content (AvgIpc) is 2.95. The fraction of sp³-hybridized carbons (Fsp3) is 0.438. The third kappa shape index (κ3) is 3.08. The molecule has 0 radical (unpaired) electrons. The zero-order valence-electron chi connectivity index (χ0n) is 11.6. The van der Waals surface area contributed by atoms with Crippen LogP contribution in [0.3, 0.4) is 0 Å². The van der Waals surface area contributed by atoms with Crippen molar-refractivity contribution in [2.24, 2.45) is 0 Å². The van der Waals surface area contributed by atoms with E-state index >= 15 is 0 Å². The highest BCUT2D eigenvalue weighted by atomic mass is 16.4. The van der Waals surface area contributed by atoms with Crippen LogP contribution in [-0.4, -0.2) is 10.1 Å². The predicted octanol–water partition coefficient (Wildman–Crippen LogP) is 2.34. The Kier molecular flexibility index (Phi) is 4.14. The Morgan fingerprint density at radius 1 is 1.05 bits per heavy atom. The molecule has 0 spiro atoms. The van der Waals surface area contributed by atoms with Gasteiger partial charge in [0.15, 0.2) is 0 Å². The largest absolute Gasteiger partial charge is 0.462 e. The second-order valence-corrected chi connectivity index (χ2v) is 5.25. The minimum absolute atomic E-state index is 0.0492. The van der Waals surface area contributed by atoms with Crippen LogP contribution in [0.2, 0.25) is 0 Å². The van der Waals surface area contributed by atoms with Crippen molar-refractivity contribution in [2.75, 3.05) is 0 Å². The Morgan fingerprint density at radius 2 is 1.90 bits per heavy atom. The number of aromatic nitrogens is 1. The molecule has 0 fully saturated rings. The van der Waals surface area contributed by atoms with E-state index < -0.39 is 0 Å². The number of furan rings is 1. The Hall–Kier alpha value is -1.65. The SMILES string of the molecule is OCc1ccc(CNCc2ccc3c(n2)CCCC3)o1. The minimum atomic E-state index is -0.0492. The fourth-order valence-corrected chi connectivity index (χ4v) is 2.64. The molecule has 3 rings (SSSR count). The number of aryl methyl sites for hydroxylation is 2. The van der Waals surface area contributed by atoms with Gasteiger partial charge in [-0.05, 0) is 49.4 Å². The van der Waals surface area contributed by atoms with E-state index in [1.165, 1.54) is 30.5 Å². The number of nitrogens with zero attached hydrogens (tertiary/aromatic N) is 1. The molecular weight excluding hydrogens is 252 g/mol. The van der Waals surface area contributed by atoms with Gasteiger partial charge in [0.25, 0.3) is 0 Å². The van der Waals surface area contributed by atoms with E-state index in [1.54, 1.807) is 6.07 Å². The molecule has 2 N–H and O–H groups in total. The van der Waals surface area contributed by atoms with E-state index in [-0.39, 0.29) is 6.61 Å². The first-order valence-corrected chi connectivity index (χ1v) is 7.22. The molecule has 106 valence electrons. The maximum absolute atomic E-state index is 8.94. The molecule has 0 aliphatic heterocycles. The van der Waals surface area contributed by atoms with E-state index in [9.17, 15) is 0 Å². The van der Waals surface area contributed by atoms with Gasteiger partial charge in [-0.25, -0.2) is 0 Å². The van der Waals surface area contributed by atoms with Gasteiger partial charge in [0.05, 0.1) is 12.2 Å². The lowest BCUT2D eigenvalue weighted by Crippen LogP contribution is -2.15. The van der Waals surface area contributed by atoms with Crippen molar-refractivity contribution in [2.45, 2.75) is 45.4 Å². The first-order valence-electron chi connectivity index (χ1n) is 7.22. The lowest BCUT2D eigenvalue weighted by molar-refractivity contribution is 0.242. The highest BCUT2D eigenvalue weighted by Crippen LogP contribution is 2.19. The predicted molar refractivity (Wildman–Crippen MR) is 76.1 cm³/mol. The van der Waals surface area contributed by atoms with E-state index in [0.717, 1.165) is 24.4 Å². The molecule has 4 nitrogen and oxygen atoms in total. The van der Waals surface area contributed by atoms with Crippen molar-refractivity contribution in [1.82, 2.24) is 10.3 Å². The summed E-state index contributed by atoms with van der Waals surface area (Å²) in [6.07, 6.45) is 4.83. The van der Waals surface area contributed by atoms with Gasteiger partial charge in [-0.1, -0.05) is 6.07 Å². The quantitative estimate of drug-likeness (QED) is 0.877. The van der Waals surface area contributed by atoms with Crippen molar-refractivity contribution in [3.8, 4) is 0 Å². The maximum atomic E-state index is 8.94. The summed E-state index contributed by atoms with van der Waals surface area (Å²) in [5.41, 5.74) is 3.77. The maximum Gasteiger partial charge on any atom is 0.129 e. The molecule has 0 amide bonds. The van der Waals surface area contributed by atoms with Gasteiger partial charge in [0.2, 0.25) is 0 Å². The molecule has 20 heavy (non-hydrogen) atoms. The summed E-state index contributed by atoms with van der Waals surface area (Å²) in [7, 11) is 0. The molecule has 0 saturated heterocycles. The summed E-state index contributed by atoms with van der Waals surface area (Å²) in [5, 5.41) is 12.3. The number of rotatable bonds is 5. The molecule has 0 saturated carbocycles. The lowest BCUT2D eigenvalue weighted by Gasteiger charge is -2.15. The first kappa shape index (κ1) is 13.3. The molecule has 0 aromatic carbocycles. The molecule has 2 aromatic heterocycles. The zero-order chi connectivity index (χ0) is 13.8. The van der Waals surface area contributed by atoms with E-state index in [0.29, 0.717) is 12.3 Å². The van der Waals surface area contributed by atoms with Gasteiger partial charge in [0, 0.05) is 12.2 Å². The average molecular weight is 272 g/mol. The number of aliphatic hydroxyl groups excluding tert-OH is 1. The Morgan fingerprint density at radius 3 is 2.75 bits per heavy atom. The minimum Gasteiger partial charge on any atom is -0.462 e. The van der Waals surface area contributed by atoms with E-state index in [1.807, 2.05) is 6.07 Å². The summed E-state index contributed by atoms with van der Waals surface area (Å²) in [6, 6.07) is 8.01. The number of aliphatic hydroxyl groups is 1.